The van der Waals surface area contributed by atoms with Gasteiger partial charge >= 0.3 is 6.18 Å². The van der Waals surface area contributed by atoms with Gasteiger partial charge in [0.1, 0.15) is 11.2 Å². The lowest BCUT2D eigenvalue weighted by molar-refractivity contribution is -0.206. The smallest absolute Gasteiger partial charge is 0.379 e. The van der Waals surface area contributed by atoms with Crippen LogP contribution in [0.25, 0.3) is 0 Å². The summed E-state index contributed by atoms with van der Waals surface area (Å²) in [6.45, 7) is 5.74. The van der Waals surface area contributed by atoms with Crippen molar-refractivity contribution in [2.45, 2.75) is 24.6 Å². The van der Waals surface area contributed by atoms with E-state index in [1.807, 2.05) is 4.90 Å². The number of hydrogen-bond acceptors (Lipinski definition) is 3. The summed E-state index contributed by atoms with van der Waals surface area (Å²) in [6.07, 6.45) is -7.23. The summed E-state index contributed by atoms with van der Waals surface area (Å²) in [5.41, 5.74) is 2.81. The van der Waals surface area contributed by atoms with E-state index in [-0.39, 0.29) is 16.8 Å². The summed E-state index contributed by atoms with van der Waals surface area (Å²) in [6, 6.07) is 10.3. The van der Waals surface area contributed by atoms with Gasteiger partial charge in [0.2, 0.25) is 0 Å². The molecule has 2 nitrogen and oxygen atoms in total. The molecular formula is C19H17F4NOS. The van der Waals surface area contributed by atoms with Gasteiger partial charge in [0, 0.05) is 17.1 Å². The van der Waals surface area contributed by atoms with Crippen LogP contribution in [-0.4, -0.2) is 17.0 Å². The number of aliphatic hydroxyl groups excluding tert-OH is 1. The zero-order valence-corrected chi connectivity index (χ0v) is 14.7. The number of thioether (sulfide) groups is 1. The van der Waals surface area contributed by atoms with Crippen molar-refractivity contribution in [3.63, 3.8) is 0 Å². The third-order valence-electron chi connectivity index (χ3n) is 4.24. The molecule has 3 rings (SSSR count). The Morgan fingerprint density at radius 1 is 1.19 bits per heavy atom. The molecule has 2 aromatic carbocycles. The van der Waals surface area contributed by atoms with E-state index >= 15 is 0 Å². The standard InChI is InChI=1S/C19H17F4NOS/c1-11-9-14(17(25)19(21,22)23)5-8-16(11)24-12(2)10-26-18(24)13-3-6-15(20)7-4-13/h3-9,17-18,25H,2,10H2,1H3. The maximum Gasteiger partial charge on any atom is 0.418 e. The Hall–Kier alpha value is -1.99. The van der Waals surface area contributed by atoms with E-state index in [1.54, 1.807) is 36.9 Å². The Kier molecular flexibility index (Phi) is 5.03. The number of aliphatic hydroxyl groups is 1. The molecule has 0 amide bonds. The highest BCUT2D eigenvalue weighted by Gasteiger charge is 2.40. The van der Waals surface area contributed by atoms with Crippen molar-refractivity contribution in [2.75, 3.05) is 10.7 Å². The van der Waals surface area contributed by atoms with Crippen LogP contribution in [0.1, 0.15) is 28.2 Å². The molecule has 1 fully saturated rings. The Morgan fingerprint density at radius 3 is 2.42 bits per heavy atom. The van der Waals surface area contributed by atoms with Crippen molar-refractivity contribution in [1.82, 2.24) is 0 Å². The van der Waals surface area contributed by atoms with Gasteiger partial charge in [-0.25, -0.2) is 4.39 Å². The monoisotopic (exact) mass is 383 g/mol. The van der Waals surface area contributed by atoms with E-state index in [1.165, 1.54) is 24.3 Å². The summed E-state index contributed by atoms with van der Waals surface area (Å²) in [5, 5.41) is 9.31. The van der Waals surface area contributed by atoms with Crippen molar-refractivity contribution in [1.29, 1.82) is 0 Å². The van der Waals surface area contributed by atoms with Gasteiger partial charge in [-0.3, -0.25) is 0 Å². The van der Waals surface area contributed by atoms with E-state index in [9.17, 15) is 22.7 Å². The first-order valence-electron chi connectivity index (χ1n) is 7.88. The molecule has 0 aliphatic carbocycles. The molecule has 1 aliphatic heterocycles. The van der Waals surface area contributed by atoms with E-state index < -0.39 is 12.3 Å². The minimum Gasteiger partial charge on any atom is -0.379 e. The topological polar surface area (TPSA) is 23.5 Å². The van der Waals surface area contributed by atoms with Crippen LogP contribution in [0.3, 0.4) is 0 Å². The number of alkyl halides is 3. The molecule has 0 bridgehead atoms. The lowest BCUT2D eigenvalue weighted by Gasteiger charge is -2.29. The van der Waals surface area contributed by atoms with Crippen LogP contribution in [0.2, 0.25) is 0 Å². The predicted octanol–water partition coefficient (Wildman–Crippen LogP) is 5.50. The molecule has 26 heavy (non-hydrogen) atoms. The second kappa shape index (κ2) is 6.96. The number of aryl methyl sites for hydroxylation is 1. The van der Waals surface area contributed by atoms with Crippen LogP contribution >= 0.6 is 11.8 Å². The van der Waals surface area contributed by atoms with Crippen molar-refractivity contribution in [3.8, 4) is 0 Å². The summed E-state index contributed by atoms with van der Waals surface area (Å²) in [7, 11) is 0. The molecule has 1 N–H and O–H groups in total. The fraction of sp³-hybridized carbons (Fsp3) is 0.263. The lowest BCUT2D eigenvalue weighted by Crippen LogP contribution is -2.22. The third-order valence-corrected chi connectivity index (χ3v) is 5.54. The lowest BCUT2D eigenvalue weighted by atomic mass is 10.0. The summed E-state index contributed by atoms with van der Waals surface area (Å²) < 4.78 is 51.4. The zero-order valence-electron chi connectivity index (χ0n) is 13.9. The van der Waals surface area contributed by atoms with Crippen LogP contribution < -0.4 is 4.90 Å². The number of halogens is 4. The largest absolute Gasteiger partial charge is 0.418 e. The fourth-order valence-corrected chi connectivity index (χ4v) is 4.21. The average molecular weight is 383 g/mol. The van der Waals surface area contributed by atoms with E-state index in [4.69, 9.17) is 0 Å². The highest BCUT2D eigenvalue weighted by Crippen LogP contribution is 2.47. The van der Waals surface area contributed by atoms with E-state index in [0.29, 0.717) is 17.0 Å². The van der Waals surface area contributed by atoms with Crippen molar-refractivity contribution < 1.29 is 22.7 Å². The fourth-order valence-electron chi connectivity index (χ4n) is 2.96. The van der Waals surface area contributed by atoms with Gasteiger partial charge in [-0.05, 0) is 41.8 Å². The highest BCUT2D eigenvalue weighted by molar-refractivity contribution is 8.00. The van der Waals surface area contributed by atoms with E-state index in [0.717, 1.165) is 11.3 Å². The zero-order chi connectivity index (χ0) is 19.1. The third kappa shape index (κ3) is 3.59. The van der Waals surface area contributed by atoms with E-state index in [2.05, 4.69) is 6.58 Å². The van der Waals surface area contributed by atoms with Gasteiger partial charge in [-0.15, -0.1) is 11.8 Å². The molecule has 0 aromatic heterocycles. The average Bonchev–Trinajstić information content (AvgIpc) is 2.95. The molecule has 7 heteroatoms. The molecule has 0 saturated carbocycles. The Bertz CT molecular complexity index is 819. The van der Waals surface area contributed by atoms with Crippen molar-refractivity contribution >= 4 is 17.4 Å². The molecule has 2 unspecified atom stereocenters. The highest BCUT2D eigenvalue weighted by atomic mass is 32.2. The molecule has 2 aromatic rings. The van der Waals surface area contributed by atoms with Crippen molar-refractivity contribution in [3.05, 3.63) is 77.2 Å². The van der Waals surface area contributed by atoms with Crippen LogP contribution in [0.5, 0.6) is 0 Å². The SMILES string of the molecule is C=C1CSC(c2ccc(F)cc2)N1c1ccc(C(O)C(F)(F)F)cc1C. The molecule has 1 saturated heterocycles. The summed E-state index contributed by atoms with van der Waals surface area (Å²) >= 11 is 1.61. The molecule has 1 heterocycles. The number of hydrogen-bond donors (Lipinski definition) is 1. The maximum atomic E-state index is 13.2. The molecular weight excluding hydrogens is 366 g/mol. The Labute approximate surface area is 153 Å². The van der Waals surface area contributed by atoms with Crippen LogP contribution in [0.4, 0.5) is 23.2 Å². The predicted molar refractivity (Wildman–Crippen MR) is 95.4 cm³/mol. The first-order chi connectivity index (χ1) is 12.2. The summed E-state index contributed by atoms with van der Waals surface area (Å²) in [5.74, 6) is 0.331. The van der Waals surface area contributed by atoms with Gasteiger partial charge in [0.25, 0.3) is 0 Å². The maximum absolute atomic E-state index is 13.2. The van der Waals surface area contributed by atoms with Crippen LogP contribution in [-0.2, 0) is 0 Å². The Morgan fingerprint density at radius 2 is 1.85 bits per heavy atom. The number of benzene rings is 2. The van der Waals surface area contributed by atoms with Crippen LogP contribution in [0.15, 0.2) is 54.7 Å². The molecule has 0 spiro atoms. The minimum absolute atomic E-state index is 0.139. The van der Waals surface area contributed by atoms with Gasteiger partial charge in [0.15, 0.2) is 6.10 Å². The second-order valence-electron chi connectivity index (χ2n) is 6.14. The van der Waals surface area contributed by atoms with Gasteiger partial charge in [0.05, 0.1) is 0 Å². The molecule has 0 radical (unpaired) electrons. The first kappa shape index (κ1) is 18.8. The van der Waals surface area contributed by atoms with Gasteiger partial charge < -0.3 is 10.0 Å². The second-order valence-corrected chi connectivity index (χ2v) is 7.21. The normalized spacial score (nSPS) is 19.1. The molecule has 2 atom stereocenters. The van der Waals surface area contributed by atoms with Crippen LogP contribution in [0, 0.1) is 12.7 Å². The first-order valence-corrected chi connectivity index (χ1v) is 8.93. The minimum atomic E-state index is -4.71. The molecule has 138 valence electrons. The quantitative estimate of drug-likeness (QED) is 0.709. The molecule has 1 aliphatic rings. The number of rotatable bonds is 3. The summed E-state index contributed by atoms with van der Waals surface area (Å²) in [4.78, 5) is 1.94. The van der Waals surface area contributed by atoms with Gasteiger partial charge in [-0.2, -0.15) is 13.2 Å². The number of nitrogens with zero attached hydrogens (tertiary/aromatic N) is 1. The van der Waals surface area contributed by atoms with Crippen molar-refractivity contribution in [2.24, 2.45) is 0 Å². The van der Waals surface area contributed by atoms with Gasteiger partial charge in [-0.1, -0.05) is 30.8 Å². The Balaban J connectivity index is 1.95. The number of anilines is 1.